The van der Waals surface area contributed by atoms with Gasteiger partial charge < -0.3 is 10.4 Å². The number of hydrogen-bond acceptors (Lipinski definition) is 2. The molecule has 1 atom stereocenters. The molecule has 116 valence electrons. The van der Waals surface area contributed by atoms with Crippen molar-refractivity contribution in [2.24, 2.45) is 0 Å². The third kappa shape index (κ3) is 3.65. The van der Waals surface area contributed by atoms with Gasteiger partial charge in [0.2, 0.25) is 0 Å². The second-order valence-corrected chi connectivity index (χ2v) is 4.74. The Labute approximate surface area is 125 Å². The number of benzene rings is 2. The number of rotatable bonds is 5. The zero-order valence-corrected chi connectivity index (χ0v) is 11.5. The summed E-state index contributed by atoms with van der Waals surface area (Å²) in [5, 5.41) is 11.7. The molecule has 1 amide bonds. The number of carbonyl (C=O) groups is 1. The second-order valence-electron chi connectivity index (χ2n) is 4.74. The molecule has 2 aromatic rings. The molecule has 0 bridgehead atoms. The minimum atomic E-state index is -1.27. The largest absolute Gasteiger partial charge is 0.396 e. The van der Waals surface area contributed by atoms with Crippen molar-refractivity contribution in [3.63, 3.8) is 0 Å². The predicted octanol–water partition coefficient (Wildman–Crippen LogP) is 2.61. The summed E-state index contributed by atoms with van der Waals surface area (Å²) in [4.78, 5) is 11.9. The van der Waals surface area contributed by atoms with E-state index in [0.29, 0.717) is 12.1 Å². The van der Waals surface area contributed by atoms with Gasteiger partial charge in [-0.05, 0) is 5.56 Å². The summed E-state index contributed by atoms with van der Waals surface area (Å²) in [6, 6.07) is 9.79. The van der Waals surface area contributed by atoms with Gasteiger partial charge in [0.1, 0.15) is 23.0 Å². The minimum Gasteiger partial charge on any atom is -0.396 e. The van der Waals surface area contributed by atoms with Crippen LogP contribution in [0.25, 0.3) is 0 Å². The molecule has 0 saturated heterocycles. The lowest BCUT2D eigenvalue weighted by molar-refractivity contribution is 0.0939. The lowest BCUT2D eigenvalue weighted by Gasteiger charge is -2.16. The van der Waals surface area contributed by atoms with Crippen LogP contribution < -0.4 is 5.32 Å². The van der Waals surface area contributed by atoms with Crippen LogP contribution in [0.4, 0.5) is 13.2 Å². The first-order chi connectivity index (χ1) is 10.5. The van der Waals surface area contributed by atoms with Gasteiger partial charge in [-0.25, -0.2) is 13.2 Å². The number of aliphatic hydroxyl groups is 1. The van der Waals surface area contributed by atoms with E-state index in [1.807, 2.05) is 0 Å². The second kappa shape index (κ2) is 7.09. The van der Waals surface area contributed by atoms with Gasteiger partial charge in [-0.3, -0.25) is 4.79 Å². The number of carbonyl (C=O) groups excluding carboxylic acids is 1. The molecule has 0 heterocycles. The van der Waals surface area contributed by atoms with Gasteiger partial charge in [-0.15, -0.1) is 0 Å². The number of nitrogens with one attached hydrogen (secondary N) is 1. The molecule has 22 heavy (non-hydrogen) atoms. The molecule has 0 aliphatic heterocycles. The highest BCUT2D eigenvalue weighted by molar-refractivity contribution is 5.94. The van der Waals surface area contributed by atoms with Gasteiger partial charge in [0.15, 0.2) is 0 Å². The summed E-state index contributed by atoms with van der Waals surface area (Å²) in [7, 11) is 0. The van der Waals surface area contributed by atoms with Crippen LogP contribution in [-0.4, -0.2) is 24.2 Å². The topological polar surface area (TPSA) is 49.3 Å². The van der Waals surface area contributed by atoms with Crippen molar-refractivity contribution >= 4 is 5.91 Å². The first kappa shape index (κ1) is 16.0. The van der Waals surface area contributed by atoms with E-state index in [9.17, 15) is 23.1 Å². The number of halogens is 3. The molecule has 6 heteroatoms. The average molecular weight is 309 g/mol. The highest BCUT2D eigenvalue weighted by atomic mass is 19.1. The first-order valence-electron chi connectivity index (χ1n) is 6.61. The van der Waals surface area contributed by atoms with Gasteiger partial charge in [-0.1, -0.05) is 30.3 Å². The Kier molecular flexibility index (Phi) is 5.16. The van der Waals surface area contributed by atoms with E-state index in [4.69, 9.17) is 0 Å². The van der Waals surface area contributed by atoms with Crippen LogP contribution in [0.2, 0.25) is 0 Å². The molecule has 0 aromatic heterocycles. The van der Waals surface area contributed by atoms with Crippen LogP contribution in [0.15, 0.2) is 42.5 Å². The van der Waals surface area contributed by atoms with E-state index in [0.717, 1.165) is 5.56 Å². The number of amides is 1. The van der Waals surface area contributed by atoms with Gasteiger partial charge in [0, 0.05) is 24.6 Å². The fourth-order valence-electron chi connectivity index (χ4n) is 2.08. The summed E-state index contributed by atoms with van der Waals surface area (Å²) in [5.74, 6) is -5.03. The number of hydrogen-bond donors (Lipinski definition) is 2. The van der Waals surface area contributed by atoms with E-state index in [1.165, 1.54) is 0 Å². The van der Waals surface area contributed by atoms with Crippen molar-refractivity contribution < 1.29 is 23.1 Å². The first-order valence-corrected chi connectivity index (χ1v) is 6.61. The molecule has 0 fully saturated rings. The predicted molar refractivity (Wildman–Crippen MR) is 74.9 cm³/mol. The summed E-state index contributed by atoms with van der Waals surface area (Å²) < 4.78 is 39.8. The van der Waals surface area contributed by atoms with Crippen LogP contribution in [0.5, 0.6) is 0 Å². The highest BCUT2D eigenvalue weighted by Crippen LogP contribution is 2.16. The maximum Gasteiger partial charge on any atom is 0.257 e. The Hall–Kier alpha value is -2.34. The minimum absolute atomic E-state index is 0.00436. The Balaban J connectivity index is 2.10. The SMILES string of the molecule is O=C(NC[C@H](CO)c1ccccc1)c1c(F)cc(F)cc1F. The normalized spacial score (nSPS) is 12.0. The third-order valence-corrected chi connectivity index (χ3v) is 3.23. The fraction of sp³-hybridized carbons (Fsp3) is 0.188. The van der Waals surface area contributed by atoms with E-state index in [-0.39, 0.29) is 13.2 Å². The van der Waals surface area contributed by atoms with Crippen molar-refractivity contribution in [3.8, 4) is 0 Å². The van der Waals surface area contributed by atoms with Crippen molar-refractivity contribution in [2.45, 2.75) is 5.92 Å². The standard InChI is InChI=1S/C16H14F3NO2/c17-12-6-13(18)15(14(19)7-12)16(22)20-8-11(9-21)10-4-2-1-3-5-10/h1-7,11,21H,8-9H2,(H,20,22)/t11-/m1/s1. The summed E-state index contributed by atoms with van der Waals surface area (Å²) in [6.07, 6.45) is 0. The Morgan fingerprint density at radius 3 is 2.23 bits per heavy atom. The zero-order valence-electron chi connectivity index (χ0n) is 11.5. The van der Waals surface area contributed by atoms with E-state index < -0.39 is 34.8 Å². The summed E-state index contributed by atoms with van der Waals surface area (Å²) in [6.45, 7) is -0.242. The van der Waals surface area contributed by atoms with E-state index in [2.05, 4.69) is 5.32 Å². The molecule has 0 aliphatic rings. The van der Waals surface area contributed by atoms with Crippen LogP contribution in [0.1, 0.15) is 21.8 Å². The van der Waals surface area contributed by atoms with Crippen LogP contribution in [0.3, 0.4) is 0 Å². The smallest absolute Gasteiger partial charge is 0.257 e. The molecule has 2 N–H and O–H groups in total. The Bertz CT molecular complexity index is 639. The van der Waals surface area contributed by atoms with Gasteiger partial charge in [0.05, 0.1) is 6.61 Å². The van der Waals surface area contributed by atoms with Crippen molar-refractivity contribution in [1.82, 2.24) is 5.32 Å². The van der Waals surface area contributed by atoms with Crippen LogP contribution >= 0.6 is 0 Å². The third-order valence-electron chi connectivity index (χ3n) is 3.23. The maximum absolute atomic E-state index is 13.5. The molecule has 0 unspecified atom stereocenters. The zero-order chi connectivity index (χ0) is 16.1. The molecular formula is C16H14F3NO2. The molecule has 0 spiro atoms. The van der Waals surface area contributed by atoms with Gasteiger partial charge >= 0.3 is 0 Å². The lowest BCUT2D eigenvalue weighted by Crippen LogP contribution is -2.31. The van der Waals surface area contributed by atoms with Crippen molar-refractivity contribution in [2.75, 3.05) is 13.2 Å². The lowest BCUT2D eigenvalue weighted by atomic mass is 10.00. The van der Waals surface area contributed by atoms with Gasteiger partial charge in [-0.2, -0.15) is 0 Å². The quantitative estimate of drug-likeness (QED) is 0.892. The van der Waals surface area contributed by atoms with Gasteiger partial charge in [0.25, 0.3) is 5.91 Å². The summed E-state index contributed by atoms with van der Waals surface area (Å²) >= 11 is 0. The molecule has 0 saturated carbocycles. The Morgan fingerprint density at radius 2 is 1.68 bits per heavy atom. The number of aliphatic hydroxyl groups excluding tert-OH is 1. The van der Waals surface area contributed by atoms with Crippen LogP contribution in [0, 0.1) is 17.5 Å². The van der Waals surface area contributed by atoms with E-state index >= 15 is 0 Å². The molecule has 3 nitrogen and oxygen atoms in total. The molecule has 2 rings (SSSR count). The summed E-state index contributed by atoms with van der Waals surface area (Å²) in [5.41, 5.74) is -0.0588. The monoisotopic (exact) mass is 309 g/mol. The van der Waals surface area contributed by atoms with Crippen molar-refractivity contribution in [3.05, 3.63) is 71.0 Å². The molecule has 0 aliphatic carbocycles. The Morgan fingerprint density at radius 1 is 1.09 bits per heavy atom. The fourth-order valence-corrected chi connectivity index (χ4v) is 2.08. The molecular weight excluding hydrogens is 295 g/mol. The maximum atomic E-state index is 13.5. The molecule has 2 aromatic carbocycles. The van der Waals surface area contributed by atoms with Crippen molar-refractivity contribution in [1.29, 1.82) is 0 Å². The average Bonchev–Trinajstić information content (AvgIpc) is 2.48. The highest BCUT2D eigenvalue weighted by Gasteiger charge is 2.20. The van der Waals surface area contributed by atoms with Crippen LogP contribution in [-0.2, 0) is 0 Å². The molecule has 0 radical (unpaired) electrons. The van der Waals surface area contributed by atoms with E-state index in [1.54, 1.807) is 30.3 Å².